The Hall–Kier alpha value is -1.40. The number of likely N-dealkylation sites (N-methyl/N-ethyl adjacent to an activating group) is 1. The fraction of sp³-hybridized carbons (Fsp3) is 0.333. The number of hydrogen-bond donors (Lipinski definition) is 1. The van der Waals surface area contributed by atoms with E-state index in [1.807, 2.05) is 0 Å². The summed E-state index contributed by atoms with van der Waals surface area (Å²) in [6.07, 6.45) is 0. The molecule has 0 saturated carbocycles. The van der Waals surface area contributed by atoms with E-state index in [4.69, 9.17) is 4.74 Å². The summed E-state index contributed by atoms with van der Waals surface area (Å²) in [5, 5.41) is 13.9. The van der Waals surface area contributed by atoms with Crippen LogP contribution in [0.15, 0.2) is 28.8 Å². The first-order valence-electron chi connectivity index (χ1n) is 5.34. The van der Waals surface area contributed by atoms with Crippen molar-refractivity contribution < 1.29 is 9.66 Å². The van der Waals surface area contributed by atoms with Gasteiger partial charge < -0.3 is 10.1 Å². The minimum absolute atomic E-state index is 0.0425. The van der Waals surface area contributed by atoms with Gasteiger partial charge in [0.15, 0.2) is 5.75 Å². The molecule has 0 radical (unpaired) electrons. The van der Waals surface area contributed by atoms with Crippen LogP contribution in [0.1, 0.15) is 5.56 Å². The summed E-state index contributed by atoms with van der Waals surface area (Å²) in [5.41, 5.74) is 1.50. The Morgan fingerprint density at radius 1 is 1.61 bits per heavy atom. The van der Waals surface area contributed by atoms with Crippen molar-refractivity contribution in [3.63, 3.8) is 0 Å². The maximum Gasteiger partial charge on any atom is 0.312 e. The van der Waals surface area contributed by atoms with Crippen LogP contribution in [0.25, 0.3) is 0 Å². The van der Waals surface area contributed by atoms with Crippen molar-refractivity contribution in [1.29, 1.82) is 0 Å². The Balaban J connectivity index is 2.93. The van der Waals surface area contributed by atoms with E-state index in [9.17, 15) is 10.1 Å². The third kappa shape index (κ3) is 3.82. The lowest BCUT2D eigenvalue weighted by molar-refractivity contribution is -0.385. The zero-order valence-electron chi connectivity index (χ0n) is 10.3. The zero-order chi connectivity index (χ0) is 13.7. The maximum atomic E-state index is 11.0. The topological polar surface area (TPSA) is 64.4 Å². The number of nitrogens with one attached hydrogen (secondary N) is 1. The van der Waals surface area contributed by atoms with Crippen LogP contribution in [-0.4, -0.2) is 25.1 Å². The number of nitro benzene ring substituents is 1. The number of ether oxygens (including phenoxy) is 1. The van der Waals surface area contributed by atoms with E-state index in [0.717, 1.165) is 5.57 Å². The first-order valence-corrected chi connectivity index (χ1v) is 6.13. The number of nitro groups is 1. The molecule has 0 heterocycles. The van der Waals surface area contributed by atoms with Gasteiger partial charge in [-0.05, 0) is 31.2 Å². The minimum atomic E-state index is -0.450. The second-order valence-corrected chi connectivity index (χ2v) is 4.81. The van der Waals surface area contributed by atoms with Gasteiger partial charge in [-0.1, -0.05) is 22.5 Å². The van der Waals surface area contributed by atoms with Crippen LogP contribution in [0.4, 0.5) is 5.69 Å². The molecule has 1 N–H and O–H groups in total. The van der Waals surface area contributed by atoms with E-state index in [2.05, 4.69) is 27.8 Å². The number of benzene rings is 1. The lowest BCUT2D eigenvalue weighted by atomic mass is 10.2. The van der Waals surface area contributed by atoms with Gasteiger partial charge in [0.1, 0.15) is 6.61 Å². The first kappa shape index (κ1) is 14.7. The Labute approximate surface area is 114 Å². The molecule has 5 nitrogen and oxygen atoms in total. The van der Waals surface area contributed by atoms with Crippen molar-refractivity contribution in [3.05, 3.63) is 44.4 Å². The van der Waals surface area contributed by atoms with Crippen LogP contribution >= 0.6 is 15.9 Å². The van der Waals surface area contributed by atoms with Crippen LogP contribution in [0, 0.1) is 17.0 Å². The number of aryl methyl sites for hydroxylation is 1. The molecule has 0 unspecified atom stereocenters. The van der Waals surface area contributed by atoms with E-state index >= 15 is 0 Å². The predicted molar refractivity (Wildman–Crippen MR) is 74.1 cm³/mol. The predicted octanol–water partition coefficient (Wildman–Crippen LogP) is 2.82. The molecule has 0 fully saturated rings. The fourth-order valence-electron chi connectivity index (χ4n) is 1.51. The van der Waals surface area contributed by atoms with Crippen LogP contribution in [0.2, 0.25) is 0 Å². The molecule has 1 aromatic rings. The fourth-order valence-corrected chi connectivity index (χ4v) is 2.07. The van der Waals surface area contributed by atoms with Gasteiger partial charge in [-0.15, -0.1) is 0 Å². The van der Waals surface area contributed by atoms with Crippen LogP contribution in [0.3, 0.4) is 0 Å². The molecule has 0 aliphatic heterocycles. The third-order valence-electron chi connectivity index (χ3n) is 2.26. The summed E-state index contributed by atoms with van der Waals surface area (Å²) in [6.45, 7) is 6.45. The van der Waals surface area contributed by atoms with Gasteiger partial charge in [0.05, 0.1) is 4.92 Å². The van der Waals surface area contributed by atoms with Gasteiger partial charge in [-0.25, -0.2) is 0 Å². The highest BCUT2D eigenvalue weighted by atomic mass is 79.9. The summed E-state index contributed by atoms with van der Waals surface area (Å²) in [7, 11) is 1.80. The van der Waals surface area contributed by atoms with Crippen molar-refractivity contribution in [2.45, 2.75) is 6.92 Å². The molecule has 0 spiro atoms. The summed E-state index contributed by atoms with van der Waals surface area (Å²) in [6, 6.07) is 3.21. The average Bonchev–Trinajstić information content (AvgIpc) is 2.27. The molecule has 1 aromatic carbocycles. The Bertz CT molecular complexity index is 475. The van der Waals surface area contributed by atoms with Gasteiger partial charge in [0.2, 0.25) is 0 Å². The van der Waals surface area contributed by atoms with Gasteiger partial charge in [-0.2, -0.15) is 0 Å². The molecule has 0 bridgehead atoms. The number of hydrogen-bond acceptors (Lipinski definition) is 4. The molecule has 0 aliphatic rings. The summed E-state index contributed by atoms with van der Waals surface area (Å²) < 4.78 is 6.16. The van der Waals surface area contributed by atoms with Crippen molar-refractivity contribution in [2.24, 2.45) is 0 Å². The van der Waals surface area contributed by atoms with Crippen LogP contribution in [0.5, 0.6) is 5.75 Å². The molecular weight excluding hydrogens is 300 g/mol. The van der Waals surface area contributed by atoms with E-state index in [1.165, 1.54) is 6.07 Å². The van der Waals surface area contributed by atoms with Crippen LogP contribution < -0.4 is 10.1 Å². The Morgan fingerprint density at radius 3 is 2.83 bits per heavy atom. The zero-order valence-corrected chi connectivity index (χ0v) is 11.9. The van der Waals surface area contributed by atoms with Crippen molar-refractivity contribution >= 4 is 21.6 Å². The number of rotatable bonds is 6. The maximum absolute atomic E-state index is 11.0. The standard InChI is InChI=1S/C12H15BrN2O3/c1-8(6-14-3)7-18-12-9(2)4-10(13)5-11(12)15(16)17/h4-5,14H,1,6-7H2,2-3H3. The molecule has 1 rings (SSSR count). The highest BCUT2D eigenvalue weighted by molar-refractivity contribution is 9.10. The van der Waals surface area contributed by atoms with E-state index in [0.29, 0.717) is 22.3 Å². The minimum Gasteiger partial charge on any atom is -0.482 e. The average molecular weight is 315 g/mol. The largest absolute Gasteiger partial charge is 0.482 e. The SMILES string of the molecule is C=C(CNC)COc1c(C)cc(Br)cc1[N+](=O)[O-]. The van der Waals surface area contributed by atoms with E-state index in [-0.39, 0.29) is 12.3 Å². The second kappa shape index (κ2) is 6.51. The third-order valence-corrected chi connectivity index (χ3v) is 2.72. The summed E-state index contributed by atoms with van der Waals surface area (Å²) in [5.74, 6) is 0.292. The van der Waals surface area contributed by atoms with Crippen LogP contribution in [-0.2, 0) is 0 Å². The van der Waals surface area contributed by atoms with Crippen molar-refractivity contribution in [1.82, 2.24) is 5.32 Å². The highest BCUT2D eigenvalue weighted by Gasteiger charge is 2.19. The van der Waals surface area contributed by atoms with Gasteiger partial charge in [-0.3, -0.25) is 10.1 Å². The molecule has 6 heteroatoms. The molecule has 98 valence electrons. The summed E-state index contributed by atoms with van der Waals surface area (Å²) in [4.78, 5) is 10.5. The van der Waals surface area contributed by atoms with Gasteiger partial charge in [0, 0.05) is 17.1 Å². The first-order chi connectivity index (χ1) is 8.45. The van der Waals surface area contributed by atoms with Crippen molar-refractivity contribution in [2.75, 3.05) is 20.2 Å². The molecule has 0 aromatic heterocycles. The molecule has 0 atom stereocenters. The Morgan fingerprint density at radius 2 is 2.28 bits per heavy atom. The molecule has 0 amide bonds. The smallest absolute Gasteiger partial charge is 0.312 e. The van der Waals surface area contributed by atoms with Crippen molar-refractivity contribution in [3.8, 4) is 5.75 Å². The summed E-state index contributed by atoms with van der Waals surface area (Å²) >= 11 is 3.23. The quantitative estimate of drug-likeness (QED) is 0.498. The van der Waals surface area contributed by atoms with Gasteiger partial charge in [0.25, 0.3) is 0 Å². The molecule has 0 aliphatic carbocycles. The Kier molecular flexibility index (Phi) is 5.30. The normalized spacial score (nSPS) is 10.2. The molecule has 0 saturated heterocycles. The lowest BCUT2D eigenvalue weighted by Gasteiger charge is -2.11. The van der Waals surface area contributed by atoms with Gasteiger partial charge >= 0.3 is 5.69 Å². The number of nitrogens with zero attached hydrogens (tertiary/aromatic N) is 1. The monoisotopic (exact) mass is 314 g/mol. The lowest BCUT2D eigenvalue weighted by Crippen LogP contribution is -2.15. The van der Waals surface area contributed by atoms with E-state index in [1.54, 1.807) is 20.0 Å². The second-order valence-electron chi connectivity index (χ2n) is 3.90. The number of halogens is 1. The van der Waals surface area contributed by atoms with E-state index < -0.39 is 4.92 Å². The molecule has 18 heavy (non-hydrogen) atoms. The highest BCUT2D eigenvalue weighted by Crippen LogP contribution is 2.34. The molecular formula is C12H15BrN2O3.